The number of hydrogen-bond donors (Lipinski definition) is 0. The minimum absolute atomic E-state index is 0.217. The van der Waals surface area contributed by atoms with Gasteiger partial charge < -0.3 is 9.64 Å². The quantitative estimate of drug-likeness (QED) is 0.752. The Balaban J connectivity index is 1.36. The number of nitrogens with zero attached hydrogens (tertiary/aromatic N) is 1. The van der Waals surface area contributed by atoms with Crippen LogP contribution in [0.15, 0.2) is 60.7 Å². The first kappa shape index (κ1) is 16.7. The molecule has 126 valence electrons. The van der Waals surface area contributed by atoms with E-state index in [1.54, 1.807) is 0 Å². The van der Waals surface area contributed by atoms with E-state index in [4.69, 9.17) is 4.74 Å². The molecule has 1 saturated heterocycles. The van der Waals surface area contributed by atoms with Gasteiger partial charge in [0.05, 0.1) is 19.6 Å². The van der Waals surface area contributed by atoms with Crippen LogP contribution in [0.25, 0.3) is 0 Å². The van der Waals surface area contributed by atoms with Crippen LogP contribution in [0.1, 0.15) is 36.3 Å². The highest BCUT2D eigenvalue weighted by Crippen LogP contribution is 2.27. The van der Waals surface area contributed by atoms with Crippen molar-refractivity contribution in [3.63, 3.8) is 0 Å². The zero-order valence-corrected chi connectivity index (χ0v) is 14.1. The van der Waals surface area contributed by atoms with Gasteiger partial charge in [-0.2, -0.15) is 0 Å². The number of benzene rings is 2. The Kier molecular flexibility index (Phi) is 6.02. The second-order valence-electron chi connectivity index (χ2n) is 6.35. The van der Waals surface area contributed by atoms with Crippen molar-refractivity contribution in [2.75, 3.05) is 19.7 Å². The fraction of sp³-hybridized carbons (Fsp3) is 0.381. The summed E-state index contributed by atoms with van der Waals surface area (Å²) in [7, 11) is 0. The monoisotopic (exact) mass is 323 g/mol. The standard InChI is InChI=1S/C21H25NO2/c23-21(13-16-24-17-18-7-3-1-4-8-18)22-14-11-20(12-15-22)19-9-5-2-6-10-19/h1-10,20H,11-17H2. The van der Waals surface area contributed by atoms with Gasteiger partial charge >= 0.3 is 0 Å². The van der Waals surface area contributed by atoms with Crippen molar-refractivity contribution in [3.05, 3.63) is 71.8 Å². The van der Waals surface area contributed by atoms with Crippen LogP contribution in [0.2, 0.25) is 0 Å². The van der Waals surface area contributed by atoms with Crippen molar-refractivity contribution in [2.45, 2.75) is 31.8 Å². The predicted molar refractivity (Wildman–Crippen MR) is 95.7 cm³/mol. The van der Waals surface area contributed by atoms with E-state index in [1.165, 1.54) is 5.56 Å². The Hall–Kier alpha value is -2.13. The third kappa shape index (κ3) is 4.68. The Bertz CT molecular complexity index is 619. The van der Waals surface area contributed by atoms with Gasteiger partial charge in [0.25, 0.3) is 0 Å². The molecule has 1 amide bonds. The summed E-state index contributed by atoms with van der Waals surface area (Å²) in [6.07, 6.45) is 2.59. The second kappa shape index (κ2) is 8.65. The fourth-order valence-electron chi connectivity index (χ4n) is 3.27. The van der Waals surface area contributed by atoms with Crippen LogP contribution in [0.4, 0.5) is 0 Å². The second-order valence-corrected chi connectivity index (χ2v) is 6.35. The highest BCUT2D eigenvalue weighted by Gasteiger charge is 2.23. The van der Waals surface area contributed by atoms with E-state index < -0.39 is 0 Å². The van der Waals surface area contributed by atoms with Crippen LogP contribution in [0.5, 0.6) is 0 Å². The van der Waals surface area contributed by atoms with Crippen molar-refractivity contribution >= 4 is 5.91 Å². The van der Waals surface area contributed by atoms with E-state index in [9.17, 15) is 4.79 Å². The molecule has 0 unspecified atom stereocenters. The zero-order valence-electron chi connectivity index (χ0n) is 14.1. The van der Waals surface area contributed by atoms with Crippen molar-refractivity contribution in [3.8, 4) is 0 Å². The molecule has 0 aromatic heterocycles. The lowest BCUT2D eigenvalue weighted by Gasteiger charge is -2.32. The van der Waals surface area contributed by atoms with Gasteiger partial charge in [-0.25, -0.2) is 0 Å². The molecular formula is C21H25NO2. The molecule has 1 aliphatic rings. The zero-order chi connectivity index (χ0) is 16.6. The van der Waals surface area contributed by atoms with Crippen molar-refractivity contribution in [1.29, 1.82) is 0 Å². The summed E-state index contributed by atoms with van der Waals surface area (Å²) in [6.45, 7) is 2.78. The van der Waals surface area contributed by atoms with Crippen molar-refractivity contribution in [2.24, 2.45) is 0 Å². The molecule has 2 aromatic carbocycles. The van der Waals surface area contributed by atoms with Gasteiger partial charge in [-0.3, -0.25) is 4.79 Å². The number of carbonyl (C=O) groups is 1. The minimum Gasteiger partial charge on any atom is -0.376 e. The molecule has 1 aliphatic heterocycles. The summed E-state index contributed by atoms with van der Waals surface area (Å²) in [4.78, 5) is 14.3. The molecule has 1 heterocycles. The molecule has 2 aromatic rings. The third-order valence-corrected chi connectivity index (χ3v) is 4.69. The molecule has 0 radical (unpaired) electrons. The van der Waals surface area contributed by atoms with E-state index in [0.29, 0.717) is 25.6 Å². The Morgan fingerprint density at radius 2 is 1.58 bits per heavy atom. The van der Waals surface area contributed by atoms with Gasteiger partial charge in [0.1, 0.15) is 0 Å². The van der Waals surface area contributed by atoms with Crippen LogP contribution in [-0.4, -0.2) is 30.5 Å². The first-order valence-electron chi connectivity index (χ1n) is 8.77. The molecule has 0 saturated carbocycles. The molecular weight excluding hydrogens is 298 g/mol. The molecule has 0 aliphatic carbocycles. The van der Waals surface area contributed by atoms with E-state index in [2.05, 4.69) is 30.3 Å². The van der Waals surface area contributed by atoms with Crippen LogP contribution >= 0.6 is 0 Å². The van der Waals surface area contributed by atoms with Crippen LogP contribution < -0.4 is 0 Å². The molecule has 0 atom stereocenters. The lowest BCUT2D eigenvalue weighted by molar-refractivity contribution is -0.133. The lowest BCUT2D eigenvalue weighted by Crippen LogP contribution is -2.38. The average Bonchev–Trinajstić information content (AvgIpc) is 2.67. The SMILES string of the molecule is O=C(CCOCc1ccccc1)N1CCC(c2ccccc2)CC1. The highest BCUT2D eigenvalue weighted by atomic mass is 16.5. The number of rotatable bonds is 6. The van der Waals surface area contributed by atoms with Crippen molar-refractivity contribution < 1.29 is 9.53 Å². The largest absolute Gasteiger partial charge is 0.376 e. The summed E-state index contributed by atoms with van der Waals surface area (Å²) >= 11 is 0. The average molecular weight is 323 g/mol. The maximum Gasteiger partial charge on any atom is 0.224 e. The summed E-state index contributed by atoms with van der Waals surface area (Å²) in [5.41, 5.74) is 2.55. The Labute approximate surface area is 144 Å². The molecule has 0 bridgehead atoms. The molecule has 0 spiro atoms. The fourth-order valence-corrected chi connectivity index (χ4v) is 3.27. The van der Waals surface area contributed by atoms with Gasteiger partial charge in [-0.15, -0.1) is 0 Å². The van der Waals surface area contributed by atoms with E-state index in [1.807, 2.05) is 35.2 Å². The molecule has 3 nitrogen and oxygen atoms in total. The normalized spacial score (nSPS) is 15.4. The molecule has 3 rings (SSSR count). The summed E-state index contributed by atoms with van der Waals surface area (Å²) in [5, 5.41) is 0. The number of likely N-dealkylation sites (tertiary alicyclic amines) is 1. The van der Waals surface area contributed by atoms with Gasteiger partial charge in [0.15, 0.2) is 0 Å². The lowest BCUT2D eigenvalue weighted by atomic mass is 9.89. The van der Waals surface area contributed by atoms with Gasteiger partial charge in [-0.1, -0.05) is 60.7 Å². The molecule has 0 N–H and O–H groups in total. The smallest absolute Gasteiger partial charge is 0.224 e. The summed E-state index contributed by atoms with van der Waals surface area (Å²) in [6, 6.07) is 20.7. The molecule has 24 heavy (non-hydrogen) atoms. The number of piperidine rings is 1. The maximum absolute atomic E-state index is 12.3. The first-order chi connectivity index (χ1) is 11.8. The van der Waals surface area contributed by atoms with Gasteiger partial charge in [0, 0.05) is 13.1 Å². The number of hydrogen-bond acceptors (Lipinski definition) is 2. The van der Waals surface area contributed by atoms with E-state index in [-0.39, 0.29) is 5.91 Å². The Morgan fingerprint density at radius 3 is 2.25 bits per heavy atom. The van der Waals surface area contributed by atoms with Crippen molar-refractivity contribution in [1.82, 2.24) is 4.90 Å². The molecule has 1 fully saturated rings. The van der Waals surface area contributed by atoms with Crippen LogP contribution in [-0.2, 0) is 16.1 Å². The summed E-state index contributed by atoms with van der Waals surface area (Å²) in [5.74, 6) is 0.805. The van der Waals surface area contributed by atoms with Gasteiger partial charge in [0.2, 0.25) is 5.91 Å². The number of ether oxygens (including phenoxy) is 1. The predicted octanol–water partition coefficient (Wildman–Crippen LogP) is 4.00. The van der Waals surface area contributed by atoms with Crippen LogP contribution in [0, 0.1) is 0 Å². The topological polar surface area (TPSA) is 29.5 Å². The Morgan fingerprint density at radius 1 is 0.958 bits per heavy atom. The highest BCUT2D eigenvalue weighted by molar-refractivity contribution is 5.76. The maximum atomic E-state index is 12.3. The third-order valence-electron chi connectivity index (χ3n) is 4.69. The van der Waals surface area contributed by atoms with E-state index in [0.717, 1.165) is 31.5 Å². The molecule has 3 heteroatoms. The number of carbonyl (C=O) groups excluding carboxylic acids is 1. The summed E-state index contributed by atoms with van der Waals surface area (Å²) < 4.78 is 5.62. The van der Waals surface area contributed by atoms with E-state index >= 15 is 0 Å². The van der Waals surface area contributed by atoms with Gasteiger partial charge in [-0.05, 0) is 29.9 Å². The first-order valence-corrected chi connectivity index (χ1v) is 8.77. The van der Waals surface area contributed by atoms with Crippen LogP contribution in [0.3, 0.4) is 0 Å². The number of amides is 1. The minimum atomic E-state index is 0.217.